The molecule has 0 aliphatic heterocycles. The SMILES string of the molecule is CCSc1cccnc1C(=O)/C=C/N(C)C. The third kappa shape index (κ3) is 3.70. The van der Waals surface area contributed by atoms with Crippen molar-refractivity contribution in [3.63, 3.8) is 0 Å². The molecule has 0 saturated carbocycles. The Balaban J connectivity index is 2.90. The number of ketones is 1. The molecule has 0 bridgehead atoms. The summed E-state index contributed by atoms with van der Waals surface area (Å²) in [5.74, 6) is 0.883. The molecule has 0 saturated heterocycles. The maximum Gasteiger partial charge on any atom is 0.206 e. The van der Waals surface area contributed by atoms with Gasteiger partial charge in [0, 0.05) is 37.5 Å². The molecular formula is C12H16N2OS. The van der Waals surface area contributed by atoms with Gasteiger partial charge in [-0.1, -0.05) is 6.92 Å². The number of allylic oxidation sites excluding steroid dienone is 1. The van der Waals surface area contributed by atoms with Crippen molar-refractivity contribution in [1.29, 1.82) is 0 Å². The number of carbonyl (C=O) groups excluding carboxylic acids is 1. The van der Waals surface area contributed by atoms with Gasteiger partial charge in [-0.2, -0.15) is 0 Å². The monoisotopic (exact) mass is 236 g/mol. The van der Waals surface area contributed by atoms with Crippen molar-refractivity contribution in [2.45, 2.75) is 11.8 Å². The van der Waals surface area contributed by atoms with Crippen LogP contribution in [0.15, 0.2) is 35.5 Å². The van der Waals surface area contributed by atoms with Gasteiger partial charge in [-0.15, -0.1) is 11.8 Å². The van der Waals surface area contributed by atoms with Crippen molar-refractivity contribution in [3.8, 4) is 0 Å². The summed E-state index contributed by atoms with van der Waals surface area (Å²) in [5.41, 5.74) is 0.535. The van der Waals surface area contributed by atoms with Crippen LogP contribution in [0.3, 0.4) is 0 Å². The normalized spacial score (nSPS) is 10.7. The van der Waals surface area contributed by atoms with E-state index < -0.39 is 0 Å². The topological polar surface area (TPSA) is 33.2 Å². The van der Waals surface area contributed by atoms with E-state index in [4.69, 9.17) is 0 Å². The lowest BCUT2D eigenvalue weighted by atomic mass is 10.2. The number of nitrogens with zero attached hydrogens (tertiary/aromatic N) is 2. The van der Waals surface area contributed by atoms with Gasteiger partial charge in [0.05, 0.1) is 0 Å². The molecule has 0 radical (unpaired) electrons. The van der Waals surface area contributed by atoms with Gasteiger partial charge in [-0.05, 0) is 17.9 Å². The van der Waals surface area contributed by atoms with E-state index in [9.17, 15) is 4.79 Å². The first-order valence-corrected chi connectivity index (χ1v) is 6.10. The Morgan fingerprint density at radius 1 is 1.56 bits per heavy atom. The predicted molar refractivity (Wildman–Crippen MR) is 67.8 cm³/mol. The smallest absolute Gasteiger partial charge is 0.206 e. The number of hydrogen-bond donors (Lipinski definition) is 0. The molecular weight excluding hydrogens is 220 g/mol. The van der Waals surface area contributed by atoms with Crippen LogP contribution in [0, 0.1) is 0 Å². The van der Waals surface area contributed by atoms with Crippen molar-refractivity contribution in [2.75, 3.05) is 19.8 Å². The number of aromatic nitrogens is 1. The van der Waals surface area contributed by atoms with Gasteiger partial charge in [0.1, 0.15) is 5.69 Å². The Morgan fingerprint density at radius 2 is 2.31 bits per heavy atom. The van der Waals surface area contributed by atoms with Crippen LogP contribution >= 0.6 is 11.8 Å². The summed E-state index contributed by atoms with van der Waals surface area (Å²) in [4.78, 5) is 18.8. The second-order valence-corrected chi connectivity index (χ2v) is 4.73. The molecule has 0 amide bonds. The van der Waals surface area contributed by atoms with Crippen LogP contribution in [-0.4, -0.2) is 35.5 Å². The van der Waals surface area contributed by atoms with E-state index in [1.54, 1.807) is 30.2 Å². The largest absolute Gasteiger partial charge is 0.383 e. The molecule has 1 aromatic heterocycles. The minimum absolute atomic E-state index is 0.0507. The van der Waals surface area contributed by atoms with Crippen LogP contribution in [-0.2, 0) is 0 Å². The summed E-state index contributed by atoms with van der Waals surface area (Å²) < 4.78 is 0. The standard InChI is InChI=1S/C12H16N2OS/c1-4-16-11-6-5-8-13-12(11)10(15)7-9-14(2)3/h5-9H,4H2,1-3H3/b9-7+. The zero-order chi connectivity index (χ0) is 12.0. The maximum atomic E-state index is 11.9. The lowest BCUT2D eigenvalue weighted by Gasteiger charge is -2.05. The molecule has 0 aliphatic carbocycles. The molecule has 0 aromatic carbocycles. The third-order valence-electron chi connectivity index (χ3n) is 1.83. The molecule has 0 fully saturated rings. The maximum absolute atomic E-state index is 11.9. The number of hydrogen-bond acceptors (Lipinski definition) is 4. The Bertz CT molecular complexity index is 388. The third-order valence-corrected chi connectivity index (χ3v) is 2.76. The average Bonchev–Trinajstić information content (AvgIpc) is 2.27. The van der Waals surface area contributed by atoms with Gasteiger partial charge in [-0.3, -0.25) is 9.78 Å². The number of rotatable bonds is 5. The van der Waals surface area contributed by atoms with Gasteiger partial charge in [0.2, 0.25) is 5.78 Å². The van der Waals surface area contributed by atoms with Crippen LogP contribution in [0.2, 0.25) is 0 Å². The van der Waals surface area contributed by atoms with E-state index in [1.165, 1.54) is 0 Å². The van der Waals surface area contributed by atoms with Gasteiger partial charge < -0.3 is 4.90 Å². The van der Waals surface area contributed by atoms with Gasteiger partial charge >= 0.3 is 0 Å². The highest BCUT2D eigenvalue weighted by molar-refractivity contribution is 7.99. The highest BCUT2D eigenvalue weighted by Gasteiger charge is 2.09. The highest BCUT2D eigenvalue weighted by atomic mass is 32.2. The van der Waals surface area contributed by atoms with E-state index in [-0.39, 0.29) is 5.78 Å². The van der Waals surface area contributed by atoms with Crippen LogP contribution in [0.25, 0.3) is 0 Å². The fourth-order valence-electron chi connectivity index (χ4n) is 1.14. The van der Waals surface area contributed by atoms with Crippen molar-refractivity contribution in [2.24, 2.45) is 0 Å². The zero-order valence-electron chi connectivity index (χ0n) is 9.80. The summed E-state index contributed by atoms with van der Waals surface area (Å²) in [5, 5.41) is 0. The molecule has 1 aromatic rings. The fourth-order valence-corrected chi connectivity index (χ4v) is 1.92. The van der Waals surface area contributed by atoms with Crippen molar-refractivity contribution < 1.29 is 4.79 Å². The first-order valence-electron chi connectivity index (χ1n) is 5.12. The van der Waals surface area contributed by atoms with Crippen molar-refractivity contribution >= 4 is 17.5 Å². The Morgan fingerprint density at radius 3 is 2.94 bits per heavy atom. The summed E-state index contributed by atoms with van der Waals surface area (Å²) in [6.45, 7) is 2.06. The summed E-state index contributed by atoms with van der Waals surface area (Å²) >= 11 is 1.63. The second kappa shape index (κ2) is 6.33. The molecule has 0 spiro atoms. The van der Waals surface area contributed by atoms with Gasteiger partial charge in [0.25, 0.3) is 0 Å². The predicted octanol–water partition coefficient (Wildman–Crippen LogP) is 2.45. The van der Waals surface area contributed by atoms with Gasteiger partial charge in [0.15, 0.2) is 0 Å². The van der Waals surface area contributed by atoms with Crippen molar-refractivity contribution in [3.05, 3.63) is 36.3 Å². The number of carbonyl (C=O) groups is 1. The first-order chi connectivity index (χ1) is 7.65. The number of pyridine rings is 1. The Labute approximate surface area is 101 Å². The Kier molecular flexibility index (Phi) is 5.05. The molecule has 1 heterocycles. The van der Waals surface area contributed by atoms with Crippen LogP contribution in [0.5, 0.6) is 0 Å². The van der Waals surface area contributed by atoms with E-state index in [0.717, 1.165) is 10.6 Å². The lowest BCUT2D eigenvalue weighted by Crippen LogP contribution is -2.05. The average molecular weight is 236 g/mol. The molecule has 4 heteroatoms. The molecule has 0 unspecified atom stereocenters. The quantitative estimate of drug-likeness (QED) is 0.447. The summed E-state index contributed by atoms with van der Waals surface area (Å²) in [7, 11) is 3.76. The van der Waals surface area contributed by atoms with Crippen LogP contribution in [0.1, 0.15) is 17.4 Å². The van der Waals surface area contributed by atoms with Gasteiger partial charge in [-0.25, -0.2) is 0 Å². The lowest BCUT2D eigenvalue weighted by molar-refractivity contribution is 0.103. The zero-order valence-corrected chi connectivity index (χ0v) is 10.6. The highest BCUT2D eigenvalue weighted by Crippen LogP contribution is 2.20. The second-order valence-electron chi connectivity index (χ2n) is 3.43. The van der Waals surface area contributed by atoms with Crippen LogP contribution in [0.4, 0.5) is 0 Å². The summed E-state index contributed by atoms with van der Waals surface area (Å²) in [6, 6.07) is 3.78. The first kappa shape index (κ1) is 12.8. The molecule has 1 rings (SSSR count). The Hall–Kier alpha value is -1.29. The molecule has 86 valence electrons. The summed E-state index contributed by atoms with van der Waals surface area (Å²) in [6.07, 6.45) is 4.93. The fraction of sp³-hybridized carbons (Fsp3) is 0.333. The minimum Gasteiger partial charge on any atom is -0.383 e. The van der Waals surface area contributed by atoms with E-state index in [0.29, 0.717) is 5.69 Å². The van der Waals surface area contributed by atoms with E-state index in [1.807, 2.05) is 31.1 Å². The van der Waals surface area contributed by atoms with E-state index >= 15 is 0 Å². The van der Waals surface area contributed by atoms with E-state index in [2.05, 4.69) is 11.9 Å². The molecule has 16 heavy (non-hydrogen) atoms. The van der Waals surface area contributed by atoms with Crippen LogP contribution < -0.4 is 0 Å². The molecule has 0 aliphatic rings. The van der Waals surface area contributed by atoms with Crippen molar-refractivity contribution in [1.82, 2.24) is 9.88 Å². The minimum atomic E-state index is -0.0507. The molecule has 0 N–H and O–H groups in total. The number of thioether (sulfide) groups is 1. The molecule has 3 nitrogen and oxygen atoms in total. The molecule has 0 atom stereocenters.